The fourth-order valence-corrected chi connectivity index (χ4v) is 2.29. The van der Waals surface area contributed by atoms with Crippen LogP contribution in [0.5, 0.6) is 0 Å². The van der Waals surface area contributed by atoms with Gasteiger partial charge in [-0.15, -0.1) is 0 Å². The van der Waals surface area contributed by atoms with Crippen LogP contribution in [-0.2, 0) is 6.54 Å². The van der Waals surface area contributed by atoms with Gasteiger partial charge in [0.05, 0.1) is 5.69 Å². The first-order valence-electron chi connectivity index (χ1n) is 5.68. The molecule has 0 aliphatic heterocycles. The maximum absolute atomic E-state index is 4.51. The minimum absolute atomic E-state index is 0.793. The van der Waals surface area contributed by atoms with Gasteiger partial charge in [-0.05, 0) is 31.7 Å². The second-order valence-electron chi connectivity index (χ2n) is 4.78. The zero-order chi connectivity index (χ0) is 10.1. The van der Waals surface area contributed by atoms with E-state index in [0.717, 1.165) is 24.1 Å². The topological polar surface area (TPSA) is 17.8 Å². The van der Waals surface area contributed by atoms with E-state index in [1.54, 1.807) is 0 Å². The number of aromatic nitrogens is 2. The number of rotatable bonds is 3. The van der Waals surface area contributed by atoms with Crippen molar-refractivity contribution in [2.24, 2.45) is 11.8 Å². The Morgan fingerprint density at radius 3 is 2.64 bits per heavy atom. The van der Waals surface area contributed by atoms with Crippen LogP contribution in [0.2, 0.25) is 0 Å². The van der Waals surface area contributed by atoms with Crippen LogP contribution in [0.25, 0.3) is 0 Å². The highest BCUT2D eigenvalue weighted by atomic mass is 15.3. The van der Waals surface area contributed by atoms with Crippen LogP contribution in [0.4, 0.5) is 0 Å². The molecule has 0 saturated heterocycles. The Morgan fingerprint density at radius 2 is 2.21 bits per heavy atom. The summed E-state index contributed by atoms with van der Waals surface area (Å²) in [5.74, 6) is 1.75. The van der Waals surface area contributed by atoms with Crippen molar-refractivity contribution in [3.63, 3.8) is 0 Å². The minimum atomic E-state index is 0.793. The molecule has 2 nitrogen and oxygen atoms in total. The van der Waals surface area contributed by atoms with Gasteiger partial charge >= 0.3 is 0 Å². The molecule has 14 heavy (non-hydrogen) atoms. The van der Waals surface area contributed by atoms with Gasteiger partial charge in [0.1, 0.15) is 0 Å². The van der Waals surface area contributed by atoms with E-state index in [9.17, 15) is 0 Å². The summed E-state index contributed by atoms with van der Waals surface area (Å²) in [7, 11) is 0. The summed E-state index contributed by atoms with van der Waals surface area (Å²) >= 11 is 0. The van der Waals surface area contributed by atoms with E-state index in [4.69, 9.17) is 0 Å². The third kappa shape index (κ3) is 1.84. The van der Waals surface area contributed by atoms with Gasteiger partial charge < -0.3 is 0 Å². The summed E-state index contributed by atoms with van der Waals surface area (Å²) in [4.78, 5) is 0. The molecule has 0 bridgehead atoms. The molecule has 1 saturated carbocycles. The molecule has 0 radical (unpaired) electrons. The lowest BCUT2D eigenvalue weighted by Crippen LogP contribution is -2.24. The smallest absolute Gasteiger partial charge is 0.0596 e. The van der Waals surface area contributed by atoms with E-state index in [2.05, 4.69) is 36.6 Å². The average molecular weight is 192 g/mol. The molecule has 1 aliphatic carbocycles. The molecule has 2 rings (SSSR count). The van der Waals surface area contributed by atoms with Crippen molar-refractivity contribution in [2.75, 3.05) is 0 Å². The molecule has 1 heterocycles. The quantitative estimate of drug-likeness (QED) is 0.720. The Kier molecular flexibility index (Phi) is 2.62. The maximum Gasteiger partial charge on any atom is 0.0596 e. The fraction of sp³-hybridized carbons (Fsp3) is 0.750. The highest BCUT2D eigenvalue weighted by Crippen LogP contribution is 2.34. The Balaban J connectivity index is 1.98. The standard InChI is InChI=1S/C12H20N2/c1-9(12-5-4-6-12)8-14-11(3)7-10(2)13-14/h7,9,12H,4-6,8H2,1-3H3. The van der Waals surface area contributed by atoms with Crippen LogP contribution in [-0.4, -0.2) is 9.78 Å². The zero-order valence-electron chi connectivity index (χ0n) is 9.45. The van der Waals surface area contributed by atoms with Gasteiger partial charge in [-0.25, -0.2) is 0 Å². The third-order valence-electron chi connectivity index (χ3n) is 3.52. The second kappa shape index (κ2) is 3.76. The van der Waals surface area contributed by atoms with Crippen molar-refractivity contribution in [3.05, 3.63) is 17.5 Å². The minimum Gasteiger partial charge on any atom is -0.269 e. The summed E-state index contributed by atoms with van der Waals surface area (Å²) in [6.07, 6.45) is 4.30. The number of hydrogen-bond donors (Lipinski definition) is 0. The van der Waals surface area contributed by atoms with Gasteiger partial charge in [-0.1, -0.05) is 26.2 Å². The van der Waals surface area contributed by atoms with Crippen molar-refractivity contribution in [1.29, 1.82) is 0 Å². The molecule has 1 aliphatic rings. The van der Waals surface area contributed by atoms with Gasteiger partial charge in [0.15, 0.2) is 0 Å². The number of hydrogen-bond acceptors (Lipinski definition) is 1. The molecule has 1 aromatic rings. The van der Waals surface area contributed by atoms with E-state index >= 15 is 0 Å². The lowest BCUT2D eigenvalue weighted by atomic mass is 9.77. The molecule has 1 fully saturated rings. The molecule has 1 atom stereocenters. The third-order valence-corrected chi connectivity index (χ3v) is 3.52. The first-order valence-corrected chi connectivity index (χ1v) is 5.68. The molecule has 0 amide bonds. The largest absolute Gasteiger partial charge is 0.269 e. The Morgan fingerprint density at radius 1 is 1.50 bits per heavy atom. The molecule has 1 unspecified atom stereocenters. The number of aryl methyl sites for hydroxylation is 2. The van der Waals surface area contributed by atoms with Gasteiger partial charge in [0.2, 0.25) is 0 Å². The van der Waals surface area contributed by atoms with Gasteiger partial charge in [0.25, 0.3) is 0 Å². The summed E-state index contributed by atoms with van der Waals surface area (Å²) in [5.41, 5.74) is 2.44. The van der Waals surface area contributed by atoms with Crippen molar-refractivity contribution >= 4 is 0 Å². The van der Waals surface area contributed by atoms with E-state index < -0.39 is 0 Å². The molecule has 0 spiro atoms. The van der Waals surface area contributed by atoms with Crippen LogP contribution < -0.4 is 0 Å². The number of nitrogens with zero attached hydrogens (tertiary/aromatic N) is 2. The van der Waals surface area contributed by atoms with Gasteiger partial charge in [-0.2, -0.15) is 5.10 Å². The summed E-state index contributed by atoms with van der Waals surface area (Å²) in [6.45, 7) is 7.68. The Labute approximate surface area is 86.3 Å². The molecule has 78 valence electrons. The Bertz CT molecular complexity index is 310. The fourth-order valence-electron chi connectivity index (χ4n) is 2.29. The van der Waals surface area contributed by atoms with Gasteiger partial charge in [0, 0.05) is 12.2 Å². The summed E-state index contributed by atoms with van der Waals surface area (Å²) < 4.78 is 2.16. The monoisotopic (exact) mass is 192 g/mol. The van der Waals surface area contributed by atoms with E-state index in [-0.39, 0.29) is 0 Å². The SMILES string of the molecule is Cc1cc(C)n(CC(C)C2CCC2)n1. The lowest BCUT2D eigenvalue weighted by Gasteiger charge is -2.31. The van der Waals surface area contributed by atoms with E-state index in [1.165, 1.54) is 25.0 Å². The lowest BCUT2D eigenvalue weighted by molar-refractivity contribution is 0.195. The van der Waals surface area contributed by atoms with Gasteiger partial charge in [-0.3, -0.25) is 4.68 Å². The van der Waals surface area contributed by atoms with Crippen molar-refractivity contribution in [1.82, 2.24) is 9.78 Å². The highest BCUT2D eigenvalue weighted by molar-refractivity contribution is 5.06. The molecule has 0 N–H and O–H groups in total. The average Bonchev–Trinajstić information content (AvgIpc) is 2.26. The van der Waals surface area contributed by atoms with Crippen LogP contribution in [0, 0.1) is 25.7 Å². The first-order chi connectivity index (χ1) is 6.66. The summed E-state index contributed by atoms with van der Waals surface area (Å²) in [5, 5.41) is 4.51. The van der Waals surface area contributed by atoms with E-state index in [0.29, 0.717) is 0 Å². The van der Waals surface area contributed by atoms with Crippen LogP contribution in [0.15, 0.2) is 6.07 Å². The van der Waals surface area contributed by atoms with Crippen molar-refractivity contribution < 1.29 is 0 Å². The summed E-state index contributed by atoms with van der Waals surface area (Å²) in [6, 6.07) is 2.16. The van der Waals surface area contributed by atoms with Crippen molar-refractivity contribution in [2.45, 2.75) is 46.6 Å². The second-order valence-corrected chi connectivity index (χ2v) is 4.78. The van der Waals surface area contributed by atoms with E-state index in [1.807, 2.05) is 0 Å². The highest BCUT2D eigenvalue weighted by Gasteiger charge is 2.24. The molecular weight excluding hydrogens is 172 g/mol. The predicted molar refractivity (Wildman–Crippen MR) is 58.2 cm³/mol. The van der Waals surface area contributed by atoms with Crippen LogP contribution >= 0.6 is 0 Å². The molecular formula is C12H20N2. The molecule has 1 aromatic heterocycles. The zero-order valence-corrected chi connectivity index (χ0v) is 9.45. The predicted octanol–water partition coefficient (Wildman–Crippen LogP) is 2.94. The Hall–Kier alpha value is -0.790. The normalized spacial score (nSPS) is 19.4. The van der Waals surface area contributed by atoms with Crippen LogP contribution in [0.1, 0.15) is 37.6 Å². The molecule has 2 heteroatoms. The maximum atomic E-state index is 4.51. The van der Waals surface area contributed by atoms with Crippen molar-refractivity contribution in [3.8, 4) is 0 Å². The molecule has 0 aromatic carbocycles. The van der Waals surface area contributed by atoms with Crippen LogP contribution in [0.3, 0.4) is 0 Å². The first kappa shape index (κ1) is 9.75.